The molecule has 1 saturated heterocycles. The molecule has 5 atom stereocenters. The van der Waals surface area contributed by atoms with Crippen molar-refractivity contribution in [3.63, 3.8) is 0 Å². The molecular weight excluding hydrogens is 678 g/mol. The van der Waals surface area contributed by atoms with Crippen LogP contribution in [0.2, 0.25) is 0 Å². The predicted molar refractivity (Wildman–Crippen MR) is 196 cm³/mol. The lowest BCUT2D eigenvalue weighted by Gasteiger charge is -2.26. The second-order valence-corrected chi connectivity index (χ2v) is 12.3. The van der Waals surface area contributed by atoms with E-state index in [1.54, 1.807) is 72.8 Å². The van der Waals surface area contributed by atoms with Crippen LogP contribution in [0.1, 0.15) is 49.8 Å². The smallest absolute Gasteiger partial charge is 0.338 e. The average molecular weight is 716 g/mol. The van der Waals surface area contributed by atoms with Gasteiger partial charge >= 0.3 is 23.6 Å². The Bertz CT molecular complexity index is 2170. The molecule has 0 spiro atoms. The minimum Gasteiger partial charge on any atom is -0.459 e. The van der Waals surface area contributed by atoms with Crippen LogP contribution in [0.25, 0.3) is 0 Å². The Labute approximate surface area is 304 Å². The van der Waals surface area contributed by atoms with E-state index in [0.717, 1.165) is 10.1 Å². The van der Waals surface area contributed by atoms with Gasteiger partial charge in [-0.1, -0.05) is 91.0 Å². The number of carbonyl (C=O) groups excluding carboxylic acids is 3. The van der Waals surface area contributed by atoms with Gasteiger partial charge in [-0.05, 0) is 48.9 Å². The summed E-state index contributed by atoms with van der Waals surface area (Å²) in [5, 5.41) is 3.13. The van der Waals surface area contributed by atoms with Gasteiger partial charge < -0.3 is 24.3 Å². The quantitative estimate of drug-likeness (QED) is 0.0976. The van der Waals surface area contributed by atoms with Crippen molar-refractivity contribution in [3.8, 4) is 0 Å². The zero-order chi connectivity index (χ0) is 37.3. The summed E-state index contributed by atoms with van der Waals surface area (Å²) in [6.07, 6.45) is -4.30. The molecule has 0 amide bonds. The van der Waals surface area contributed by atoms with Crippen molar-refractivity contribution in [1.82, 2.24) is 9.13 Å². The van der Waals surface area contributed by atoms with Gasteiger partial charge in [0.05, 0.1) is 23.2 Å². The van der Waals surface area contributed by atoms with Crippen LogP contribution < -0.4 is 16.6 Å². The van der Waals surface area contributed by atoms with Crippen LogP contribution in [0.5, 0.6) is 0 Å². The van der Waals surface area contributed by atoms with Crippen LogP contribution in [-0.4, -0.2) is 58.0 Å². The second-order valence-electron chi connectivity index (χ2n) is 12.3. The highest BCUT2D eigenvalue weighted by molar-refractivity contribution is 5.91. The number of aromatic nitrogens is 2. The van der Waals surface area contributed by atoms with Crippen molar-refractivity contribution < 1.29 is 33.3 Å². The molecule has 6 rings (SSSR count). The van der Waals surface area contributed by atoms with E-state index >= 15 is 0 Å². The van der Waals surface area contributed by atoms with Gasteiger partial charge in [-0.3, -0.25) is 9.36 Å². The lowest BCUT2D eigenvalue weighted by Crippen LogP contribution is -2.48. The summed E-state index contributed by atoms with van der Waals surface area (Å²) >= 11 is 0. The molecule has 1 N–H and O–H groups in total. The van der Waals surface area contributed by atoms with Crippen molar-refractivity contribution in [3.05, 3.63) is 183 Å². The van der Waals surface area contributed by atoms with Crippen LogP contribution in [0.3, 0.4) is 0 Å². The van der Waals surface area contributed by atoms with Crippen LogP contribution in [0.4, 0.5) is 5.82 Å². The van der Waals surface area contributed by atoms with E-state index in [1.165, 1.54) is 34.9 Å². The molecule has 4 aromatic carbocycles. The fourth-order valence-electron chi connectivity index (χ4n) is 5.82. The van der Waals surface area contributed by atoms with E-state index in [-0.39, 0.29) is 35.1 Å². The lowest BCUT2D eigenvalue weighted by molar-refractivity contribution is -0.0656. The first-order chi connectivity index (χ1) is 25.7. The molecule has 1 aromatic heterocycles. The van der Waals surface area contributed by atoms with E-state index < -0.39 is 60.3 Å². The van der Waals surface area contributed by atoms with E-state index in [1.807, 2.05) is 37.3 Å². The van der Waals surface area contributed by atoms with Crippen molar-refractivity contribution >= 4 is 23.7 Å². The third-order valence-corrected chi connectivity index (χ3v) is 8.57. The minimum atomic E-state index is -1.62. The number of benzene rings is 4. The Morgan fingerprint density at radius 3 is 1.77 bits per heavy atom. The molecule has 0 bridgehead atoms. The van der Waals surface area contributed by atoms with Gasteiger partial charge in [-0.25, -0.2) is 23.7 Å². The molecule has 1 aliphatic rings. The van der Waals surface area contributed by atoms with Crippen molar-refractivity contribution in [1.29, 1.82) is 0 Å². The molecule has 270 valence electrons. The molecule has 1 fully saturated rings. The highest BCUT2D eigenvalue weighted by Crippen LogP contribution is 2.34. The van der Waals surface area contributed by atoms with Gasteiger partial charge in [0.15, 0.2) is 18.4 Å². The third-order valence-electron chi connectivity index (χ3n) is 8.57. The maximum absolute atomic E-state index is 14.5. The molecule has 1 unspecified atom stereocenters. The molecule has 12 heteroatoms. The Morgan fingerprint density at radius 1 is 0.755 bits per heavy atom. The summed E-state index contributed by atoms with van der Waals surface area (Å²) in [7, 11) is 0. The summed E-state index contributed by atoms with van der Waals surface area (Å²) in [6, 6.07) is 34.4. The first-order valence-electron chi connectivity index (χ1n) is 16.9. The number of esters is 3. The molecule has 53 heavy (non-hydrogen) atoms. The lowest BCUT2D eigenvalue weighted by atomic mass is 10.1. The Balaban J connectivity index is 1.45. The van der Waals surface area contributed by atoms with Gasteiger partial charge in [0.25, 0.3) is 5.56 Å². The summed E-state index contributed by atoms with van der Waals surface area (Å²) in [4.78, 5) is 68.7. The number of rotatable bonds is 13. The third kappa shape index (κ3) is 8.51. The molecule has 5 aromatic rings. The number of nitrogens with one attached hydrogen (secondary N) is 1. The van der Waals surface area contributed by atoms with E-state index in [2.05, 4.69) is 11.9 Å². The number of carbonyl (C=O) groups is 3. The van der Waals surface area contributed by atoms with Crippen LogP contribution in [0.15, 0.2) is 150 Å². The number of hydrogen-bond donors (Lipinski definition) is 1. The number of ether oxygens (including phenoxy) is 4. The van der Waals surface area contributed by atoms with Crippen molar-refractivity contribution in [2.24, 2.45) is 0 Å². The second kappa shape index (κ2) is 16.7. The summed E-state index contributed by atoms with van der Waals surface area (Å²) in [5.41, 5.74) is -0.249. The highest BCUT2D eigenvalue weighted by atomic mass is 16.7. The minimum absolute atomic E-state index is 0.0535. The van der Waals surface area contributed by atoms with Crippen molar-refractivity contribution in [2.45, 2.75) is 44.1 Å². The van der Waals surface area contributed by atoms with Gasteiger partial charge in [0.2, 0.25) is 0 Å². The molecule has 0 aliphatic carbocycles. The molecule has 2 heterocycles. The topological polar surface area (TPSA) is 144 Å². The molecular formula is C41H37N3O9. The summed E-state index contributed by atoms with van der Waals surface area (Å²) in [5.74, 6) is -2.11. The zero-order valence-corrected chi connectivity index (χ0v) is 28.8. The Kier molecular flexibility index (Phi) is 11.4. The summed E-state index contributed by atoms with van der Waals surface area (Å²) in [6.45, 7) is 5.17. The van der Waals surface area contributed by atoms with Crippen molar-refractivity contribution in [2.75, 3.05) is 11.9 Å². The van der Waals surface area contributed by atoms with E-state index in [9.17, 15) is 24.0 Å². The molecule has 1 aliphatic heterocycles. The summed E-state index contributed by atoms with van der Waals surface area (Å²) < 4.78 is 26.1. The van der Waals surface area contributed by atoms with Gasteiger partial charge in [0, 0.05) is 12.1 Å². The fourth-order valence-corrected chi connectivity index (χ4v) is 5.82. The van der Waals surface area contributed by atoms with Gasteiger partial charge in [0.1, 0.15) is 18.5 Å². The van der Waals surface area contributed by atoms with Crippen LogP contribution in [-0.2, 0) is 25.5 Å². The van der Waals surface area contributed by atoms with Gasteiger partial charge in [-0.15, -0.1) is 6.58 Å². The zero-order valence-electron chi connectivity index (χ0n) is 28.8. The van der Waals surface area contributed by atoms with Crippen LogP contribution in [0, 0.1) is 0 Å². The number of nitrogens with zero attached hydrogens (tertiary/aromatic N) is 2. The normalized spacial score (nSPS) is 18.4. The average Bonchev–Trinajstić information content (AvgIpc) is 3.51. The maximum Gasteiger partial charge on any atom is 0.338 e. The molecule has 0 radical (unpaired) electrons. The number of anilines is 1. The monoisotopic (exact) mass is 715 g/mol. The van der Waals surface area contributed by atoms with Gasteiger partial charge in [-0.2, -0.15) is 0 Å². The molecule has 0 saturated carbocycles. The van der Waals surface area contributed by atoms with Crippen LogP contribution >= 0.6 is 0 Å². The first kappa shape index (κ1) is 36.3. The highest BCUT2D eigenvalue weighted by Gasteiger charge is 2.52. The number of hydrogen-bond acceptors (Lipinski definition) is 10. The Hall–Kier alpha value is -6.53. The molecule has 12 nitrogen and oxygen atoms in total. The largest absolute Gasteiger partial charge is 0.459 e. The van der Waals surface area contributed by atoms with E-state index in [0.29, 0.717) is 0 Å². The Morgan fingerprint density at radius 2 is 1.25 bits per heavy atom. The first-order valence-corrected chi connectivity index (χ1v) is 16.9. The SMILES string of the molecule is C=CC(C)Nc1cc(=O)n([C@@H]2O[C@H](COC(=O)c3ccccc3)[C@@H](OC(=O)c3ccccc3)[C@H]2OC(=O)c2ccccc2)c(=O)n1Cc1ccccc1. The fraction of sp³-hybridized carbons (Fsp3) is 0.195. The maximum atomic E-state index is 14.5. The standard InChI is InChI=1S/C41H37N3O9/c1-3-27(2)42-33-24-34(45)44(41(49)43(33)25-28-16-8-4-9-17-28)37-36(53-40(48)31-22-14-7-15-23-31)35(52-39(47)30-20-12-6-13-21-30)32(51-37)26-50-38(46)29-18-10-5-11-19-29/h3-24,27,32,35-37,42H,1,25-26H2,2H3/t27?,32-,35-,36-,37-/m1/s1. The predicted octanol–water partition coefficient (Wildman–Crippen LogP) is 5.25. The van der Waals surface area contributed by atoms with E-state index in [4.69, 9.17) is 18.9 Å².